The number of carbonyl (C=O) groups is 2. The number of aromatic nitrogens is 2. The van der Waals surface area contributed by atoms with Gasteiger partial charge in [0.05, 0.1) is 27.5 Å². The molecule has 4 aromatic rings. The summed E-state index contributed by atoms with van der Waals surface area (Å²) < 4.78 is 1.52. The van der Waals surface area contributed by atoms with E-state index >= 15 is 0 Å². The van der Waals surface area contributed by atoms with Crippen LogP contribution in [0.4, 0.5) is 11.5 Å². The molecule has 0 radical (unpaired) electrons. The Labute approximate surface area is 175 Å². The summed E-state index contributed by atoms with van der Waals surface area (Å²) in [7, 11) is 0. The zero-order valence-corrected chi connectivity index (χ0v) is 16.6. The lowest BCUT2D eigenvalue weighted by atomic mass is 10.2. The van der Waals surface area contributed by atoms with Gasteiger partial charge in [0.1, 0.15) is 11.4 Å². The second kappa shape index (κ2) is 8.30. The quantitative estimate of drug-likeness (QED) is 0.470. The maximum Gasteiger partial charge on any atom is 0.266 e. The van der Waals surface area contributed by atoms with E-state index < -0.39 is 5.91 Å². The monoisotopic (exact) mass is 422 g/mol. The molecule has 0 aliphatic rings. The number of carbonyl (C=O) groups excluding carboxylic acids is 2. The largest absolute Gasteiger partial charge is 0.320 e. The molecule has 2 aromatic carbocycles. The van der Waals surface area contributed by atoms with Crippen LogP contribution in [0.1, 0.15) is 20.0 Å². The number of rotatable bonds is 5. The van der Waals surface area contributed by atoms with E-state index in [9.17, 15) is 9.59 Å². The fourth-order valence-electron chi connectivity index (χ4n) is 2.73. The molecule has 29 heavy (non-hydrogen) atoms. The Morgan fingerprint density at radius 3 is 2.38 bits per heavy atom. The molecular weight excluding hydrogens is 408 g/mol. The molecule has 2 aromatic heterocycles. The average molecular weight is 423 g/mol. The van der Waals surface area contributed by atoms with E-state index in [0.29, 0.717) is 21.3 Å². The highest BCUT2D eigenvalue weighted by Gasteiger charge is 2.22. The van der Waals surface area contributed by atoms with Gasteiger partial charge in [-0.3, -0.25) is 9.59 Å². The average Bonchev–Trinajstić information content (AvgIpc) is 3.41. The van der Waals surface area contributed by atoms with E-state index in [1.165, 1.54) is 22.2 Å². The predicted octanol–water partition coefficient (Wildman–Crippen LogP) is 5.09. The van der Waals surface area contributed by atoms with Crippen molar-refractivity contribution < 1.29 is 9.59 Å². The number of hydrogen-bond acceptors (Lipinski definition) is 4. The Morgan fingerprint density at radius 2 is 1.66 bits per heavy atom. The van der Waals surface area contributed by atoms with Crippen LogP contribution in [0.15, 0.2) is 78.3 Å². The summed E-state index contributed by atoms with van der Waals surface area (Å²) in [5.74, 6) is -0.467. The minimum absolute atomic E-state index is 0.221. The molecule has 0 bridgehead atoms. The predicted molar refractivity (Wildman–Crippen MR) is 115 cm³/mol. The third kappa shape index (κ3) is 4.06. The lowest BCUT2D eigenvalue weighted by molar-refractivity contribution is 0.102. The Bertz CT molecular complexity index is 1160. The highest BCUT2D eigenvalue weighted by atomic mass is 35.5. The van der Waals surface area contributed by atoms with Crippen molar-refractivity contribution >= 4 is 46.3 Å². The first kappa shape index (κ1) is 18.9. The summed E-state index contributed by atoms with van der Waals surface area (Å²) in [4.78, 5) is 26.1. The van der Waals surface area contributed by atoms with E-state index in [0.717, 1.165) is 0 Å². The third-order valence-electron chi connectivity index (χ3n) is 4.11. The summed E-state index contributed by atoms with van der Waals surface area (Å²) in [5.41, 5.74) is 1.41. The van der Waals surface area contributed by atoms with Gasteiger partial charge in [0, 0.05) is 0 Å². The van der Waals surface area contributed by atoms with Gasteiger partial charge < -0.3 is 10.6 Å². The van der Waals surface area contributed by atoms with Gasteiger partial charge in [0.25, 0.3) is 11.8 Å². The van der Waals surface area contributed by atoms with E-state index in [1.54, 1.807) is 36.4 Å². The second-order valence-electron chi connectivity index (χ2n) is 6.02. The fourth-order valence-corrected chi connectivity index (χ4v) is 3.53. The van der Waals surface area contributed by atoms with Crippen molar-refractivity contribution in [1.82, 2.24) is 9.78 Å². The number of thiophene rings is 1. The number of para-hydroxylation sites is 2. The summed E-state index contributed by atoms with van der Waals surface area (Å²) in [6, 6.07) is 19.7. The van der Waals surface area contributed by atoms with Gasteiger partial charge >= 0.3 is 0 Å². The topological polar surface area (TPSA) is 76.0 Å². The summed E-state index contributed by atoms with van der Waals surface area (Å²) in [5, 5.41) is 12.1. The van der Waals surface area contributed by atoms with Crippen molar-refractivity contribution in [2.75, 3.05) is 10.6 Å². The number of amides is 2. The first-order valence-electron chi connectivity index (χ1n) is 8.67. The van der Waals surface area contributed by atoms with Gasteiger partial charge in [-0.05, 0) is 35.7 Å². The van der Waals surface area contributed by atoms with Gasteiger partial charge in [-0.1, -0.05) is 48.0 Å². The Hall–Kier alpha value is -3.42. The molecule has 0 unspecified atom stereocenters. The van der Waals surface area contributed by atoms with Crippen molar-refractivity contribution in [3.63, 3.8) is 0 Å². The first-order chi connectivity index (χ1) is 14.1. The van der Waals surface area contributed by atoms with Gasteiger partial charge in [-0.2, -0.15) is 5.10 Å². The lowest BCUT2D eigenvalue weighted by Gasteiger charge is -2.11. The highest BCUT2D eigenvalue weighted by Crippen LogP contribution is 2.25. The first-order valence-corrected chi connectivity index (χ1v) is 9.93. The minimum Gasteiger partial charge on any atom is -0.320 e. The fraction of sp³-hybridized carbons (Fsp3) is 0. The molecule has 2 N–H and O–H groups in total. The Balaban J connectivity index is 1.71. The number of nitrogens with one attached hydrogen (secondary N) is 2. The van der Waals surface area contributed by atoms with Crippen LogP contribution in [0.2, 0.25) is 5.02 Å². The molecule has 0 spiro atoms. The van der Waals surface area contributed by atoms with E-state index in [2.05, 4.69) is 15.7 Å². The van der Waals surface area contributed by atoms with Crippen molar-refractivity contribution in [1.29, 1.82) is 0 Å². The maximum atomic E-state index is 12.9. The van der Waals surface area contributed by atoms with Crippen LogP contribution in [-0.4, -0.2) is 21.6 Å². The number of anilines is 2. The van der Waals surface area contributed by atoms with Crippen LogP contribution in [-0.2, 0) is 0 Å². The number of hydrogen-bond donors (Lipinski definition) is 2. The second-order valence-corrected chi connectivity index (χ2v) is 7.37. The lowest BCUT2D eigenvalue weighted by Crippen LogP contribution is -2.19. The number of halogens is 1. The molecule has 2 heterocycles. The minimum atomic E-state index is -0.429. The maximum absolute atomic E-state index is 12.9. The van der Waals surface area contributed by atoms with Gasteiger partial charge in [-0.15, -0.1) is 11.3 Å². The molecular formula is C21H15ClN4O2S. The molecule has 144 valence electrons. The van der Waals surface area contributed by atoms with Crippen molar-refractivity contribution in [2.45, 2.75) is 0 Å². The van der Waals surface area contributed by atoms with E-state index in [-0.39, 0.29) is 17.3 Å². The summed E-state index contributed by atoms with van der Waals surface area (Å²) >= 11 is 7.46. The highest BCUT2D eigenvalue weighted by molar-refractivity contribution is 7.12. The van der Waals surface area contributed by atoms with Crippen LogP contribution in [0.3, 0.4) is 0 Å². The molecule has 4 rings (SSSR count). The Kier molecular flexibility index (Phi) is 5.41. The van der Waals surface area contributed by atoms with Crippen molar-refractivity contribution in [3.8, 4) is 5.69 Å². The molecule has 0 aliphatic heterocycles. The van der Waals surface area contributed by atoms with Crippen LogP contribution in [0.5, 0.6) is 0 Å². The van der Waals surface area contributed by atoms with Crippen molar-refractivity contribution in [3.05, 3.63) is 93.8 Å². The summed E-state index contributed by atoms with van der Waals surface area (Å²) in [6.07, 6.45) is 1.42. The molecule has 0 fully saturated rings. The van der Waals surface area contributed by atoms with Gasteiger partial charge in [0.15, 0.2) is 0 Å². The number of benzene rings is 2. The van der Waals surface area contributed by atoms with E-state index in [4.69, 9.17) is 11.6 Å². The SMILES string of the molecule is O=C(Nc1c(C(=O)Nc2ccccc2Cl)cnn1-c1ccccc1)c1cccs1. The van der Waals surface area contributed by atoms with Crippen LogP contribution >= 0.6 is 22.9 Å². The molecule has 0 saturated heterocycles. The zero-order valence-electron chi connectivity index (χ0n) is 15.0. The summed E-state index contributed by atoms with van der Waals surface area (Å²) in [6.45, 7) is 0. The molecule has 0 aliphatic carbocycles. The third-order valence-corrected chi connectivity index (χ3v) is 5.31. The molecule has 2 amide bonds. The van der Waals surface area contributed by atoms with Crippen LogP contribution in [0.25, 0.3) is 5.69 Å². The van der Waals surface area contributed by atoms with Gasteiger partial charge in [0.2, 0.25) is 0 Å². The zero-order chi connectivity index (χ0) is 20.2. The van der Waals surface area contributed by atoms with E-state index in [1.807, 2.05) is 35.7 Å². The van der Waals surface area contributed by atoms with Crippen LogP contribution in [0, 0.1) is 0 Å². The normalized spacial score (nSPS) is 10.5. The standard InChI is InChI=1S/C21H15ClN4O2S/c22-16-9-4-5-10-17(16)24-20(27)15-13-23-26(14-7-2-1-3-8-14)19(15)25-21(28)18-11-6-12-29-18/h1-13H,(H,24,27)(H,25,28). The van der Waals surface area contributed by atoms with Crippen LogP contribution < -0.4 is 10.6 Å². The molecule has 6 nitrogen and oxygen atoms in total. The smallest absolute Gasteiger partial charge is 0.266 e. The molecule has 0 atom stereocenters. The number of nitrogens with zero attached hydrogens (tertiary/aromatic N) is 2. The van der Waals surface area contributed by atoms with Gasteiger partial charge in [-0.25, -0.2) is 4.68 Å². The molecule has 0 saturated carbocycles. The Morgan fingerprint density at radius 1 is 0.897 bits per heavy atom. The molecule has 8 heteroatoms. The van der Waals surface area contributed by atoms with Crippen molar-refractivity contribution in [2.24, 2.45) is 0 Å².